The molecular formula is C20H22N4O4S. The number of Topliss-reactive ketones (excluding diaryl/α,β-unsaturated/α-hetero) is 1. The second kappa shape index (κ2) is 10.0. The second-order valence-corrected chi connectivity index (χ2v) is 7.50. The van der Waals surface area contributed by atoms with Gasteiger partial charge in [-0.05, 0) is 25.1 Å². The standard InChI is InChI=1S/C20H22N4O4S/c1-15(25)14-29-17-6-3-2-5-16(17)19(27)28-13-18(26)23-9-11-24(12-10-23)20-21-7-4-8-22-20/h2-8H,9-14H2,1H3. The van der Waals surface area contributed by atoms with Gasteiger partial charge < -0.3 is 14.5 Å². The number of benzene rings is 1. The van der Waals surface area contributed by atoms with Crippen molar-refractivity contribution >= 4 is 35.4 Å². The lowest BCUT2D eigenvalue weighted by atomic mass is 10.2. The number of hydrogen-bond donors (Lipinski definition) is 0. The highest BCUT2D eigenvalue weighted by atomic mass is 32.2. The van der Waals surface area contributed by atoms with Crippen LogP contribution in [0.4, 0.5) is 5.95 Å². The first kappa shape index (κ1) is 20.8. The van der Waals surface area contributed by atoms with E-state index in [1.54, 1.807) is 47.6 Å². The fraction of sp³-hybridized carbons (Fsp3) is 0.350. The number of carbonyl (C=O) groups excluding carboxylic acids is 3. The molecular weight excluding hydrogens is 392 g/mol. The number of ketones is 1. The summed E-state index contributed by atoms with van der Waals surface area (Å²) in [6.07, 6.45) is 3.37. The number of ether oxygens (including phenoxy) is 1. The molecule has 1 saturated heterocycles. The molecule has 0 N–H and O–H groups in total. The number of nitrogens with zero attached hydrogens (tertiary/aromatic N) is 4. The molecule has 0 radical (unpaired) electrons. The van der Waals surface area contributed by atoms with E-state index in [-0.39, 0.29) is 24.1 Å². The Balaban J connectivity index is 1.50. The van der Waals surface area contributed by atoms with Gasteiger partial charge in [0.05, 0.1) is 11.3 Å². The Bertz CT molecular complexity index is 870. The fourth-order valence-corrected chi connectivity index (χ4v) is 3.69. The van der Waals surface area contributed by atoms with Gasteiger partial charge in [0.25, 0.3) is 5.91 Å². The van der Waals surface area contributed by atoms with E-state index in [1.807, 2.05) is 4.90 Å². The van der Waals surface area contributed by atoms with Crippen molar-refractivity contribution in [3.63, 3.8) is 0 Å². The predicted molar refractivity (Wildman–Crippen MR) is 109 cm³/mol. The maximum absolute atomic E-state index is 12.4. The minimum absolute atomic E-state index is 0.0217. The molecule has 0 spiro atoms. The molecule has 1 fully saturated rings. The van der Waals surface area contributed by atoms with Crippen LogP contribution in [0.15, 0.2) is 47.6 Å². The summed E-state index contributed by atoms with van der Waals surface area (Å²) in [7, 11) is 0. The van der Waals surface area contributed by atoms with Crippen LogP contribution in [0, 0.1) is 0 Å². The van der Waals surface area contributed by atoms with E-state index in [4.69, 9.17) is 4.74 Å². The van der Waals surface area contributed by atoms with Crippen LogP contribution in [0.5, 0.6) is 0 Å². The Labute approximate surface area is 173 Å². The molecule has 0 aliphatic carbocycles. The van der Waals surface area contributed by atoms with Crippen LogP contribution in [0.2, 0.25) is 0 Å². The van der Waals surface area contributed by atoms with Gasteiger partial charge in [0.15, 0.2) is 6.61 Å². The molecule has 1 aliphatic rings. The summed E-state index contributed by atoms with van der Waals surface area (Å²) in [6, 6.07) is 8.67. The molecule has 1 amide bonds. The third-order valence-electron chi connectivity index (χ3n) is 4.33. The van der Waals surface area contributed by atoms with Gasteiger partial charge in [-0.2, -0.15) is 0 Å². The highest BCUT2D eigenvalue weighted by Crippen LogP contribution is 2.23. The van der Waals surface area contributed by atoms with Crippen LogP contribution in [0.1, 0.15) is 17.3 Å². The van der Waals surface area contributed by atoms with E-state index in [0.717, 1.165) is 0 Å². The molecule has 0 bridgehead atoms. The second-order valence-electron chi connectivity index (χ2n) is 6.48. The van der Waals surface area contributed by atoms with E-state index in [2.05, 4.69) is 9.97 Å². The molecule has 9 heteroatoms. The molecule has 1 aromatic heterocycles. The van der Waals surface area contributed by atoms with E-state index in [0.29, 0.717) is 42.6 Å². The van der Waals surface area contributed by atoms with Crippen molar-refractivity contribution < 1.29 is 19.1 Å². The van der Waals surface area contributed by atoms with Crippen molar-refractivity contribution in [3.8, 4) is 0 Å². The van der Waals surface area contributed by atoms with Gasteiger partial charge in [0, 0.05) is 43.5 Å². The van der Waals surface area contributed by atoms with Crippen molar-refractivity contribution in [1.82, 2.24) is 14.9 Å². The number of amides is 1. The van der Waals surface area contributed by atoms with Gasteiger partial charge in [-0.15, -0.1) is 11.8 Å². The summed E-state index contributed by atoms with van der Waals surface area (Å²) >= 11 is 1.28. The summed E-state index contributed by atoms with van der Waals surface area (Å²) in [5.74, 6) is 0.139. The van der Waals surface area contributed by atoms with Crippen molar-refractivity contribution in [2.24, 2.45) is 0 Å². The Kier molecular flexibility index (Phi) is 7.18. The topological polar surface area (TPSA) is 92.7 Å². The summed E-state index contributed by atoms with van der Waals surface area (Å²) in [4.78, 5) is 48.8. The van der Waals surface area contributed by atoms with Gasteiger partial charge in [-0.25, -0.2) is 14.8 Å². The SMILES string of the molecule is CC(=O)CSc1ccccc1C(=O)OCC(=O)N1CCN(c2ncccn2)CC1. The number of esters is 1. The summed E-state index contributed by atoms with van der Waals surface area (Å²) in [5.41, 5.74) is 0.359. The summed E-state index contributed by atoms with van der Waals surface area (Å²) < 4.78 is 5.24. The zero-order valence-corrected chi connectivity index (χ0v) is 16.9. The molecule has 3 rings (SSSR count). The first-order chi connectivity index (χ1) is 14.0. The average Bonchev–Trinajstić information content (AvgIpc) is 2.76. The van der Waals surface area contributed by atoms with Crippen LogP contribution in [0.3, 0.4) is 0 Å². The molecule has 1 aromatic carbocycles. The predicted octanol–water partition coefficient (Wildman–Crippen LogP) is 1.66. The Morgan fingerprint density at radius 3 is 2.41 bits per heavy atom. The number of rotatable bonds is 7. The summed E-state index contributed by atoms with van der Waals surface area (Å²) in [6.45, 7) is 3.45. The molecule has 29 heavy (non-hydrogen) atoms. The van der Waals surface area contributed by atoms with Gasteiger partial charge in [-0.1, -0.05) is 12.1 Å². The molecule has 0 saturated carbocycles. The van der Waals surface area contributed by atoms with Crippen LogP contribution in [-0.2, 0) is 14.3 Å². The molecule has 0 atom stereocenters. The Morgan fingerprint density at radius 1 is 1.03 bits per heavy atom. The first-order valence-electron chi connectivity index (χ1n) is 9.22. The zero-order valence-electron chi connectivity index (χ0n) is 16.1. The van der Waals surface area contributed by atoms with Gasteiger partial charge in [0.2, 0.25) is 5.95 Å². The van der Waals surface area contributed by atoms with Crippen LogP contribution in [-0.4, -0.2) is 71.1 Å². The minimum Gasteiger partial charge on any atom is -0.452 e. The lowest BCUT2D eigenvalue weighted by Crippen LogP contribution is -2.50. The highest BCUT2D eigenvalue weighted by Gasteiger charge is 2.24. The molecule has 1 aliphatic heterocycles. The zero-order chi connectivity index (χ0) is 20.6. The number of aromatic nitrogens is 2. The van der Waals surface area contributed by atoms with E-state index in [9.17, 15) is 14.4 Å². The van der Waals surface area contributed by atoms with Crippen LogP contribution >= 0.6 is 11.8 Å². The van der Waals surface area contributed by atoms with Crippen molar-refractivity contribution in [3.05, 3.63) is 48.3 Å². The Hall–Kier alpha value is -2.94. The Morgan fingerprint density at radius 2 is 1.72 bits per heavy atom. The van der Waals surface area contributed by atoms with E-state index >= 15 is 0 Å². The molecule has 0 unspecified atom stereocenters. The maximum Gasteiger partial charge on any atom is 0.339 e. The third kappa shape index (κ3) is 5.77. The third-order valence-corrected chi connectivity index (χ3v) is 5.55. The molecule has 152 valence electrons. The monoisotopic (exact) mass is 414 g/mol. The minimum atomic E-state index is -0.568. The van der Waals surface area contributed by atoms with E-state index in [1.165, 1.54) is 18.7 Å². The van der Waals surface area contributed by atoms with E-state index < -0.39 is 5.97 Å². The van der Waals surface area contributed by atoms with Crippen molar-refractivity contribution in [1.29, 1.82) is 0 Å². The van der Waals surface area contributed by atoms with Gasteiger partial charge in [0.1, 0.15) is 5.78 Å². The van der Waals surface area contributed by atoms with Crippen molar-refractivity contribution in [2.75, 3.05) is 43.4 Å². The largest absolute Gasteiger partial charge is 0.452 e. The smallest absolute Gasteiger partial charge is 0.339 e. The lowest BCUT2D eigenvalue weighted by molar-refractivity contribution is -0.134. The quantitative estimate of drug-likeness (QED) is 0.499. The first-order valence-corrected chi connectivity index (χ1v) is 10.2. The van der Waals surface area contributed by atoms with Gasteiger partial charge >= 0.3 is 5.97 Å². The average molecular weight is 414 g/mol. The van der Waals surface area contributed by atoms with Crippen LogP contribution in [0.25, 0.3) is 0 Å². The number of thioether (sulfide) groups is 1. The highest BCUT2D eigenvalue weighted by molar-refractivity contribution is 8.00. The number of carbonyl (C=O) groups is 3. The number of piperazine rings is 1. The lowest BCUT2D eigenvalue weighted by Gasteiger charge is -2.34. The normalized spacial score (nSPS) is 13.8. The molecule has 2 heterocycles. The summed E-state index contributed by atoms with van der Waals surface area (Å²) in [5, 5.41) is 0. The maximum atomic E-state index is 12.4. The molecule has 2 aromatic rings. The van der Waals surface area contributed by atoms with Crippen LogP contribution < -0.4 is 4.90 Å². The van der Waals surface area contributed by atoms with Crippen molar-refractivity contribution in [2.45, 2.75) is 11.8 Å². The van der Waals surface area contributed by atoms with Gasteiger partial charge in [-0.3, -0.25) is 9.59 Å². The number of hydrogen-bond acceptors (Lipinski definition) is 8. The fourth-order valence-electron chi connectivity index (χ4n) is 2.85. The molecule has 8 nitrogen and oxygen atoms in total. The number of anilines is 1.